The van der Waals surface area contributed by atoms with Crippen LogP contribution in [0.5, 0.6) is 11.5 Å². The molecule has 2 atom stereocenters. The summed E-state index contributed by atoms with van der Waals surface area (Å²) >= 11 is 0. The van der Waals surface area contributed by atoms with E-state index in [-0.39, 0.29) is 24.3 Å². The zero-order valence-electron chi connectivity index (χ0n) is 19.9. The molecule has 0 saturated heterocycles. The molecule has 0 amide bonds. The number of hydrogen-bond acceptors (Lipinski definition) is 5. The fourth-order valence-electron chi connectivity index (χ4n) is 4.12. The molecular weight excluding hydrogens is 464 g/mol. The first-order valence-electron chi connectivity index (χ1n) is 11.7. The summed E-state index contributed by atoms with van der Waals surface area (Å²) in [5.74, 6) is -1.07. The highest BCUT2D eigenvalue weighted by Gasteiger charge is 2.38. The van der Waals surface area contributed by atoms with Crippen molar-refractivity contribution in [2.75, 3.05) is 13.7 Å². The van der Waals surface area contributed by atoms with Crippen LogP contribution in [-0.2, 0) is 21.1 Å². The predicted octanol–water partition coefficient (Wildman–Crippen LogP) is 5.42. The smallest absolute Gasteiger partial charge is 0.307 e. The van der Waals surface area contributed by atoms with E-state index in [9.17, 15) is 18.3 Å². The zero-order valence-corrected chi connectivity index (χ0v) is 20.7. The molecule has 0 saturated carbocycles. The van der Waals surface area contributed by atoms with Gasteiger partial charge >= 0.3 is 5.97 Å². The van der Waals surface area contributed by atoms with Gasteiger partial charge in [0.1, 0.15) is 11.5 Å². The van der Waals surface area contributed by atoms with Crippen LogP contribution in [0.25, 0.3) is 0 Å². The van der Waals surface area contributed by atoms with Crippen LogP contribution in [0.4, 0.5) is 0 Å². The number of carboxylic acids is 1. The number of methoxy groups -OCH3 is 1. The molecule has 186 valence electrons. The molecule has 0 fully saturated rings. The molecule has 3 aromatic rings. The van der Waals surface area contributed by atoms with Gasteiger partial charge in [0.15, 0.2) is 9.84 Å². The number of hydrogen-bond donors (Lipinski definition) is 1. The summed E-state index contributed by atoms with van der Waals surface area (Å²) in [6.45, 7) is 0.111. The van der Waals surface area contributed by atoms with Gasteiger partial charge in [0.2, 0.25) is 0 Å². The Kier molecular flexibility index (Phi) is 9.73. The van der Waals surface area contributed by atoms with Crippen molar-refractivity contribution in [2.45, 2.75) is 42.2 Å². The minimum atomic E-state index is -3.90. The Balaban J connectivity index is 1.77. The van der Waals surface area contributed by atoms with E-state index in [0.717, 1.165) is 12.8 Å². The topological polar surface area (TPSA) is 89.9 Å². The van der Waals surface area contributed by atoms with E-state index in [1.807, 2.05) is 48.5 Å². The predicted molar refractivity (Wildman–Crippen MR) is 136 cm³/mol. The van der Waals surface area contributed by atoms with Crippen LogP contribution in [0.15, 0.2) is 89.8 Å². The van der Waals surface area contributed by atoms with Crippen LogP contribution in [0.1, 0.15) is 31.2 Å². The van der Waals surface area contributed by atoms with E-state index in [4.69, 9.17) is 9.47 Å². The molecule has 0 radical (unpaired) electrons. The number of para-hydroxylation sites is 1. The first kappa shape index (κ1) is 26.3. The lowest BCUT2D eigenvalue weighted by atomic mass is 9.96. The van der Waals surface area contributed by atoms with Gasteiger partial charge in [0.05, 0.1) is 29.8 Å². The van der Waals surface area contributed by atoms with Crippen LogP contribution in [0, 0.1) is 5.92 Å². The van der Waals surface area contributed by atoms with Gasteiger partial charge in [-0.15, -0.1) is 0 Å². The van der Waals surface area contributed by atoms with Gasteiger partial charge in [-0.1, -0.05) is 55.0 Å². The molecule has 6 nitrogen and oxygen atoms in total. The fourth-order valence-corrected chi connectivity index (χ4v) is 6.15. The molecule has 0 heterocycles. The molecule has 0 aromatic heterocycles. The molecule has 0 aliphatic carbocycles. The van der Waals surface area contributed by atoms with Gasteiger partial charge in [-0.2, -0.15) is 0 Å². The van der Waals surface area contributed by atoms with E-state index in [0.29, 0.717) is 17.9 Å². The van der Waals surface area contributed by atoms with Gasteiger partial charge in [-0.3, -0.25) is 4.79 Å². The van der Waals surface area contributed by atoms with Crippen molar-refractivity contribution in [1.82, 2.24) is 0 Å². The molecule has 0 bridgehead atoms. The molecule has 7 heteroatoms. The van der Waals surface area contributed by atoms with Crippen LogP contribution in [0.2, 0.25) is 0 Å². The summed E-state index contributed by atoms with van der Waals surface area (Å²) in [4.78, 5) is 12.4. The van der Waals surface area contributed by atoms with Crippen LogP contribution < -0.4 is 9.47 Å². The van der Waals surface area contributed by atoms with Gasteiger partial charge in [0.25, 0.3) is 0 Å². The first-order valence-corrected chi connectivity index (χ1v) is 13.3. The van der Waals surface area contributed by atoms with Crippen molar-refractivity contribution >= 4 is 15.8 Å². The normalized spacial score (nSPS) is 13.1. The third-order valence-corrected chi connectivity index (χ3v) is 8.33. The van der Waals surface area contributed by atoms with E-state index in [1.165, 1.54) is 24.8 Å². The van der Waals surface area contributed by atoms with Gasteiger partial charge in [0, 0.05) is 0 Å². The average molecular weight is 497 g/mol. The summed E-state index contributed by atoms with van der Waals surface area (Å²) in [6, 6.07) is 25.2. The molecule has 1 N–H and O–H groups in total. The number of sulfone groups is 1. The van der Waals surface area contributed by atoms with Crippen molar-refractivity contribution in [1.29, 1.82) is 0 Å². The lowest BCUT2D eigenvalue weighted by Crippen LogP contribution is -2.36. The second-order valence-corrected chi connectivity index (χ2v) is 10.6. The van der Waals surface area contributed by atoms with Crippen molar-refractivity contribution in [3.8, 4) is 11.5 Å². The third kappa shape index (κ3) is 7.59. The SMILES string of the molecule is COc1ccc(S(=O)(=O)C(CCCCc2ccccc2)C(CCOc2ccccc2)C(=O)O)cc1. The number of unbranched alkanes of at least 4 members (excludes halogenated alkanes) is 1. The molecule has 0 spiro atoms. The monoisotopic (exact) mass is 496 g/mol. The number of aryl methyl sites for hydroxylation is 1. The quantitative estimate of drug-likeness (QED) is 0.300. The number of ether oxygens (including phenoxy) is 2. The first-order chi connectivity index (χ1) is 16.9. The molecule has 35 heavy (non-hydrogen) atoms. The molecule has 0 aliphatic rings. The van der Waals surface area contributed by atoms with Crippen molar-refractivity contribution in [3.05, 3.63) is 90.5 Å². The Hall–Kier alpha value is -3.32. The average Bonchev–Trinajstić information content (AvgIpc) is 2.88. The lowest BCUT2D eigenvalue weighted by Gasteiger charge is -2.24. The highest BCUT2D eigenvalue weighted by atomic mass is 32.2. The number of carboxylic acid groups (broad SMARTS) is 1. The fraction of sp³-hybridized carbons (Fsp3) is 0.321. The highest BCUT2D eigenvalue weighted by molar-refractivity contribution is 7.92. The number of carbonyl (C=O) groups is 1. The Labute approximate surface area is 207 Å². The molecule has 0 aliphatic heterocycles. The Morgan fingerprint density at radius 1 is 0.829 bits per heavy atom. The van der Waals surface area contributed by atoms with Crippen molar-refractivity contribution in [2.24, 2.45) is 5.92 Å². The van der Waals surface area contributed by atoms with Crippen LogP contribution >= 0.6 is 0 Å². The van der Waals surface area contributed by atoms with E-state index < -0.39 is 27.0 Å². The van der Waals surface area contributed by atoms with Gasteiger partial charge in [-0.05, 0) is 67.6 Å². The summed E-state index contributed by atoms with van der Waals surface area (Å²) in [5.41, 5.74) is 1.17. The minimum absolute atomic E-state index is 0.0863. The largest absolute Gasteiger partial charge is 0.497 e. The second kappa shape index (κ2) is 13.0. The van der Waals surface area contributed by atoms with Crippen molar-refractivity contribution < 1.29 is 27.8 Å². The number of rotatable bonds is 14. The zero-order chi connectivity index (χ0) is 25.1. The van der Waals surface area contributed by atoms with E-state index in [1.54, 1.807) is 24.3 Å². The second-order valence-electron chi connectivity index (χ2n) is 8.39. The van der Waals surface area contributed by atoms with Crippen molar-refractivity contribution in [3.63, 3.8) is 0 Å². The maximum Gasteiger partial charge on any atom is 0.307 e. The van der Waals surface area contributed by atoms with E-state index >= 15 is 0 Å². The Bertz CT molecular complexity index is 1150. The molecule has 3 aromatic carbocycles. The maximum absolute atomic E-state index is 13.6. The Morgan fingerprint density at radius 3 is 2.06 bits per heavy atom. The highest BCUT2D eigenvalue weighted by Crippen LogP contribution is 2.30. The van der Waals surface area contributed by atoms with E-state index in [2.05, 4.69) is 0 Å². The summed E-state index contributed by atoms with van der Waals surface area (Å²) in [7, 11) is -2.40. The van der Waals surface area contributed by atoms with Crippen LogP contribution in [-0.4, -0.2) is 38.5 Å². The van der Waals surface area contributed by atoms with Gasteiger partial charge in [-0.25, -0.2) is 8.42 Å². The molecular formula is C28H32O6S. The minimum Gasteiger partial charge on any atom is -0.497 e. The molecule has 2 unspecified atom stereocenters. The third-order valence-electron chi connectivity index (χ3n) is 6.04. The number of benzene rings is 3. The standard InChI is InChI=1S/C28H32O6S/c1-33-23-16-18-25(19-17-23)35(31,32)27(15-9-8-12-22-10-4-2-5-11-22)26(28(29)30)20-21-34-24-13-6-3-7-14-24/h2-7,10-11,13-14,16-19,26-27H,8-9,12,15,20-21H2,1H3,(H,29,30). The maximum atomic E-state index is 13.6. The van der Waals surface area contributed by atoms with Crippen LogP contribution in [0.3, 0.4) is 0 Å². The molecule has 3 rings (SSSR count). The lowest BCUT2D eigenvalue weighted by molar-refractivity contribution is -0.142. The van der Waals surface area contributed by atoms with Gasteiger partial charge < -0.3 is 14.6 Å². The summed E-state index contributed by atoms with van der Waals surface area (Å²) < 4.78 is 38.1. The number of aliphatic carboxylic acids is 1. The summed E-state index contributed by atoms with van der Waals surface area (Å²) in [6.07, 6.45) is 2.52. The Morgan fingerprint density at radius 2 is 1.46 bits per heavy atom. The summed E-state index contributed by atoms with van der Waals surface area (Å²) in [5, 5.41) is 8.96.